The maximum Gasteiger partial charge on any atom is 0.267 e. The van der Waals surface area contributed by atoms with Gasteiger partial charge in [0.1, 0.15) is 15.8 Å². The summed E-state index contributed by atoms with van der Waals surface area (Å²) in [5.41, 5.74) is 0.752. The highest BCUT2D eigenvalue weighted by Crippen LogP contribution is 2.34. The number of thioether (sulfide) groups is 1. The van der Waals surface area contributed by atoms with Gasteiger partial charge in [-0.3, -0.25) is 23.8 Å². The van der Waals surface area contributed by atoms with E-state index in [0.717, 1.165) is 13.1 Å². The molecular weight excluding hydrogens is 446 g/mol. The second-order valence-electron chi connectivity index (χ2n) is 8.32. The Morgan fingerprint density at radius 1 is 1.22 bits per heavy atom. The van der Waals surface area contributed by atoms with Crippen molar-refractivity contribution in [2.75, 3.05) is 50.8 Å². The lowest BCUT2D eigenvalue weighted by Crippen LogP contribution is -2.48. The molecule has 10 heteroatoms. The van der Waals surface area contributed by atoms with Crippen LogP contribution < -0.4 is 10.5 Å². The van der Waals surface area contributed by atoms with Crippen molar-refractivity contribution in [3.8, 4) is 0 Å². The molecule has 170 valence electrons. The largest absolute Gasteiger partial charge is 0.395 e. The third-order valence-electron chi connectivity index (χ3n) is 5.53. The molecule has 0 atom stereocenters. The fourth-order valence-corrected chi connectivity index (χ4v) is 5.19. The summed E-state index contributed by atoms with van der Waals surface area (Å²) in [6.45, 7) is 8.29. The maximum absolute atomic E-state index is 13.4. The molecule has 4 heterocycles. The zero-order valence-electron chi connectivity index (χ0n) is 18.2. The van der Waals surface area contributed by atoms with E-state index in [2.05, 4.69) is 9.80 Å². The molecule has 2 aliphatic rings. The van der Waals surface area contributed by atoms with E-state index in [0.29, 0.717) is 52.4 Å². The number of piperazine rings is 1. The number of aromatic nitrogens is 2. The van der Waals surface area contributed by atoms with Crippen molar-refractivity contribution in [1.82, 2.24) is 19.2 Å². The van der Waals surface area contributed by atoms with Gasteiger partial charge in [-0.25, -0.2) is 4.98 Å². The number of hydrogen-bond acceptors (Lipinski definition) is 8. The lowest BCUT2D eigenvalue weighted by molar-refractivity contribution is -0.122. The zero-order chi connectivity index (χ0) is 22.8. The summed E-state index contributed by atoms with van der Waals surface area (Å²) < 4.78 is 2.02. The van der Waals surface area contributed by atoms with Crippen LogP contribution in [0.15, 0.2) is 34.1 Å². The monoisotopic (exact) mass is 473 g/mol. The molecule has 0 unspecified atom stereocenters. The van der Waals surface area contributed by atoms with Gasteiger partial charge in [0.05, 0.1) is 17.1 Å². The van der Waals surface area contributed by atoms with Crippen molar-refractivity contribution in [2.45, 2.75) is 13.8 Å². The number of pyridine rings is 1. The Balaban J connectivity index is 1.75. The minimum absolute atomic E-state index is 0.124. The first kappa shape index (κ1) is 22.9. The first-order valence-corrected chi connectivity index (χ1v) is 12.0. The summed E-state index contributed by atoms with van der Waals surface area (Å²) >= 11 is 6.66. The van der Waals surface area contributed by atoms with Gasteiger partial charge >= 0.3 is 0 Å². The number of rotatable bonds is 6. The summed E-state index contributed by atoms with van der Waals surface area (Å²) in [7, 11) is 0. The number of hydrogen-bond donors (Lipinski definition) is 1. The van der Waals surface area contributed by atoms with Crippen molar-refractivity contribution in [3.63, 3.8) is 0 Å². The lowest BCUT2D eigenvalue weighted by Gasteiger charge is -2.35. The fourth-order valence-electron chi connectivity index (χ4n) is 3.94. The molecule has 2 aromatic heterocycles. The topological polar surface area (TPSA) is 81.4 Å². The molecule has 0 radical (unpaired) electrons. The van der Waals surface area contributed by atoms with E-state index in [4.69, 9.17) is 17.2 Å². The molecule has 2 aliphatic heterocycles. The second-order valence-corrected chi connectivity index (χ2v) is 10.00. The Kier molecular flexibility index (Phi) is 6.94. The van der Waals surface area contributed by atoms with E-state index < -0.39 is 0 Å². The highest BCUT2D eigenvalue weighted by Gasteiger charge is 2.33. The van der Waals surface area contributed by atoms with Crippen LogP contribution in [0.2, 0.25) is 0 Å². The van der Waals surface area contributed by atoms with Crippen LogP contribution >= 0.6 is 24.0 Å². The van der Waals surface area contributed by atoms with Crippen LogP contribution in [-0.2, 0) is 4.79 Å². The second kappa shape index (κ2) is 9.70. The molecule has 1 N–H and O–H groups in total. The Morgan fingerprint density at radius 3 is 2.66 bits per heavy atom. The van der Waals surface area contributed by atoms with Gasteiger partial charge in [0.15, 0.2) is 0 Å². The third kappa shape index (κ3) is 4.59. The highest BCUT2D eigenvalue weighted by atomic mass is 32.2. The smallest absolute Gasteiger partial charge is 0.267 e. The van der Waals surface area contributed by atoms with E-state index in [9.17, 15) is 14.7 Å². The zero-order valence-corrected chi connectivity index (χ0v) is 19.9. The Hall–Kier alpha value is -2.27. The first-order chi connectivity index (χ1) is 15.4. The van der Waals surface area contributed by atoms with Gasteiger partial charge in [0, 0.05) is 45.5 Å². The molecular formula is C22H27N5O3S2. The van der Waals surface area contributed by atoms with Crippen LogP contribution in [0.25, 0.3) is 11.7 Å². The summed E-state index contributed by atoms with van der Waals surface area (Å²) in [6, 6.07) is 5.44. The highest BCUT2D eigenvalue weighted by molar-refractivity contribution is 8.26. The first-order valence-electron chi connectivity index (χ1n) is 10.7. The van der Waals surface area contributed by atoms with Crippen LogP contribution in [0.1, 0.15) is 19.4 Å². The van der Waals surface area contributed by atoms with Gasteiger partial charge < -0.3 is 10.0 Å². The van der Waals surface area contributed by atoms with Gasteiger partial charge in [0.2, 0.25) is 0 Å². The summed E-state index contributed by atoms with van der Waals surface area (Å²) in [6.07, 6.45) is 3.35. The molecule has 2 saturated heterocycles. The predicted octanol–water partition coefficient (Wildman–Crippen LogP) is 1.67. The molecule has 32 heavy (non-hydrogen) atoms. The van der Waals surface area contributed by atoms with E-state index in [1.165, 1.54) is 16.2 Å². The molecule has 0 saturated carbocycles. The number of carbonyl (C=O) groups is 1. The van der Waals surface area contributed by atoms with Crippen LogP contribution in [0, 0.1) is 5.92 Å². The van der Waals surface area contributed by atoms with Crippen molar-refractivity contribution in [2.24, 2.45) is 5.92 Å². The van der Waals surface area contributed by atoms with Gasteiger partial charge in [-0.05, 0) is 24.1 Å². The standard InChI is InChI=1S/C22H27N5O3S2/c1-15(2)14-27-21(30)17(32-22(27)31)13-16-19(25-9-7-24(8-10-25)11-12-28)23-18-5-3-4-6-26(18)20(16)29/h3-6,13,15,28H,7-12,14H2,1-2H3. The average Bonchev–Trinajstić information content (AvgIpc) is 3.03. The molecule has 8 nitrogen and oxygen atoms in total. The van der Waals surface area contributed by atoms with Crippen LogP contribution in [-0.4, -0.2) is 80.4 Å². The fraction of sp³-hybridized carbons (Fsp3) is 0.455. The molecule has 4 rings (SSSR count). The lowest BCUT2D eigenvalue weighted by atomic mass is 10.2. The van der Waals surface area contributed by atoms with Crippen molar-refractivity contribution < 1.29 is 9.90 Å². The number of aliphatic hydroxyl groups excluding tert-OH is 1. The number of amides is 1. The van der Waals surface area contributed by atoms with Crippen LogP contribution in [0.5, 0.6) is 0 Å². The van der Waals surface area contributed by atoms with Crippen molar-refractivity contribution in [1.29, 1.82) is 0 Å². The number of thiocarbonyl (C=S) groups is 1. The van der Waals surface area contributed by atoms with E-state index >= 15 is 0 Å². The van der Waals surface area contributed by atoms with E-state index in [-0.39, 0.29) is 24.0 Å². The summed E-state index contributed by atoms with van der Waals surface area (Å²) in [5, 5.41) is 9.21. The van der Waals surface area contributed by atoms with E-state index in [1.807, 2.05) is 19.9 Å². The summed E-state index contributed by atoms with van der Waals surface area (Å²) in [4.78, 5) is 37.6. The Bertz CT molecular complexity index is 1120. The predicted molar refractivity (Wildman–Crippen MR) is 132 cm³/mol. The van der Waals surface area contributed by atoms with Gasteiger partial charge in [-0.2, -0.15) is 0 Å². The Morgan fingerprint density at radius 2 is 1.97 bits per heavy atom. The third-order valence-corrected chi connectivity index (χ3v) is 6.91. The minimum atomic E-state index is -0.211. The summed E-state index contributed by atoms with van der Waals surface area (Å²) in [5.74, 6) is 0.708. The molecule has 0 aromatic carbocycles. The van der Waals surface area contributed by atoms with Crippen molar-refractivity contribution in [3.05, 3.63) is 45.2 Å². The van der Waals surface area contributed by atoms with Crippen LogP contribution in [0.4, 0.5) is 5.82 Å². The van der Waals surface area contributed by atoms with Crippen LogP contribution in [0.3, 0.4) is 0 Å². The van der Waals surface area contributed by atoms with E-state index in [1.54, 1.807) is 29.3 Å². The molecule has 0 bridgehead atoms. The minimum Gasteiger partial charge on any atom is -0.395 e. The molecule has 2 aromatic rings. The van der Waals surface area contributed by atoms with Gasteiger partial charge in [-0.1, -0.05) is 43.9 Å². The molecule has 0 aliphatic carbocycles. The molecule has 2 fully saturated rings. The number of carbonyl (C=O) groups excluding carboxylic acids is 1. The number of aliphatic hydroxyl groups is 1. The molecule has 0 spiro atoms. The number of anilines is 1. The number of nitrogens with zero attached hydrogens (tertiary/aromatic N) is 5. The number of β-amino-alcohol motifs (C(OH)–C–C–N with tert-alkyl or cyclic N) is 1. The SMILES string of the molecule is CC(C)CN1C(=O)C(=Cc2c(N3CCN(CCO)CC3)nc3ccccn3c2=O)SC1=S. The van der Waals surface area contributed by atoms with Gasteiger partial charge in [-0.15, -0.1) is 0 Å². The molecule has 1 amide bonds. The number of fused-ring (bicyclic) bond motifs is 1. The van der Waals surface area contributed by atoms with Crippen molar-refractivity contribution >= 4 is 51.7 Å². The Labute approximate surface area is 196 Å². The normalized spacial score (nSPS) is 19.2. The maximum atomic E-state index is 13.4. The van der Waals surface area contributed by atoms with Gasteiger partial charge in [0.25, 0.3) is 11.5 Å². The quantitative estimate of drug-likeness (QED) is 0.501. The average molecular weight is 474 g/mol.